The van der Waals surface area contributed by atoms with E-state index in [1.165, 1.54) is 12.0 Å². The molecule has 1 aromatic carbocycles. The number of nitrogens with zero attached hydrogens (tertiary/aromatic N) is 1. The van der Waals surface area contributed by atoms with Gasteiger partial charge < -0.3 is 4.90 Å². The normalized spacial score (nSPS) is 20.9. The highest BCUT2D eigenvalue weighted by Gasteiger charge is 2.23. The summed E-state index contributed by atoms with van der Waals surface area (Å²) in [6.45, 7) is 5.09. The van der Waals surface area contributed by atoms with Gasteiger partial charge in [0.1, 0.15) is 0 Å². The lowest BCUT2D eigenvalue weighted by molar-refractivity contribution is 0.0635. The Labute approximate surface area is 97.3 Å². The van der Waals surface area contributed by atoms with E-state index in [9.17, 15) is 4.79 Å². The van der Waals surface area contributed by atoms with Crippen LogP contribution in [0.2, 0.25) is 0 Å². The first-order chi connectivity index (χ1) is 7.68. The average Bonchev–Trinajstić information content (AvgIpc) is 2.30. The van der Waals surface area contributed by atoms with E-state index in [0.29, 0.717) is 6.04 Å². The third kappa shape index (κ3) is 2.26. The van der Waals surface area contributed by atoms with Gasteiger partial charge in [-0.2, -0.15) is 0 Å². The van der Waals surface area contributed by atoms with Gasteiger partial charge >= 0.3 is 0 Å². The summed E-state index contributed by atoms with van der Waals surface area (Å²) in [4.78, 5) is 14.3. The molecule has 2 nitrogen and oxygen atoms in total. The number of piperidine rings is 1. The molecule has 0 bridgehead atoms. The average molecular weight is 217 g/mol. The second kappa shape index (κ2) is 4.69. The summed E-state index contributed by atoms with van der Waals surface area (Å²) in [6.07, 6.45) is 3.53. The Bertz CT molecular complexity index is 369. The number of hydrogen-bond donors (Lipinski definition) is 0. The lowest BCUT2D eigenvalue weighted by Crippen LogP contribution is -2.41. The molecule has 0 aromatic heterocycles. The standard InChI is InChI=1S/C14H19NO/c1-11-6-8-13(9-7-11)14(16)15-10-4-3-5-12(15)2/h6-9,12H,3-5,10H2,1-2H3. The molecular formula is C14H19NO. The van der Waals surface area contributed by atoms with Gasteiger partial charge in [0.2, 0.25) is 0 Å². The highest BCUT2D eigenvalue weighted by Crippen LogP contribution is 2.19. The Morgan fingerprint density at radius 3 is 2.56 bits per heavy atom. The molecule has 1 aliphatic heterocycles. The van der Waals surface area contributed by atoms with Crippen molar-refractivity contribution in [2.75, 3.05) is 6.54 Å². The Hall–Kier alpha value is -1.31. The van der Waals surface area contributed by atoms with Crippen molar-refractivity contribution in [1.82, 2.24) is 4.90 Å². The first kappa shape index (κ1) is 11.2. The van der Waals surface area contributed by atoms with Crippen LogP contribution in [0.25, 0.3) is 0 Å². The third-order valence-corrected chi connectivity index (χ3v) is 3.36. The lowest BCUT2D eigenvalue weighted by atomic mass is 10.0. The van der Waals surface area contributed by atoms with Crippen LogP contribution in [0, 0.1) is 6.92 Å². The van der Waals surface area contributed by atoms with Crippen LogP contribution in [0.1, 0.15) is 42.1 Å². The number of likely N-dealkylation sites (tertiary alicyclic amines) is 1. The van der Waals surface area contributed by atoms with Gasteiger partial charge in [0.05, 0.1) is 0 Å². The van der Waals surface area contributed by atoms with Crippen molar-refractivity contribution in [3.8, 4) is 0 Å². The first-order valence-electron chi connectivity index (χ1n) is 6.06. The number of aryl methyl sites for hydroxylation is 1. The number of amides is 1. The molecule has 2 heteroatoms. The molecule has 0 aliphatic carbocycles. The molecule has 0 saturated carbocycles. The summed E-state index contributed by atoms with van der Waals surface area (Å²) in [6, 6.07) is 8.25. The van der Waals surface area contributed by atoms with E-state index in [2.05, 4.69) is 6.92 Å². The number of carbonyl (C=O) groups excluding carboxylic acids is 1. The molecule has 0 spiro atoms. The summed E-state index contributed by atoms with van der Waals surface area (Å²) in [7, 11) is 0. The van der Waals surface area contributed by atoms with Crippen molar-refractivity contribution in [3.63, 3.8) is 0 Å². The quantitative estimate of drug-likeness (QED) is 0.708. The van der Waals surface area contributed by atoms with E-state index in [1.807, 2.05) is 36.1 Å². The van der Waals surface area contributed by atoms with Crippen LogP contribution in [-0.2, 0) is 0 Å². The monoisotopic (exact) mass is 217 g/mol. The molecule has 2 rings (SSSR count). The minimum absolute atomic E-state index is 0.187. The van der Waals surface area contributed by atoms with E-state index in [4.69, 9.17) is 0 Å². The largest absolute Gasteiger partial charge is 0.336 e. The van der Waals surface area contributed by atoms with Gasteiger partial charge in [-0.05, 0) is 45.2 Å². The zero-order valence-corrected chi connectivity index (χ0v) is 10.1. The van der Waals surface area contributed by atoms with E-state index in [1.54, 1.807) is 0 Å². The Kier molecular flexibility index (Phi) is 3.28. The van der Waals surface area contributed by atoms with Crippen LogP contribution in [0.4, 0.5) is 0 Å². The SMILES string of the molecule is Cc1ccc(C(=O)N2CCCCC2C)cc1. The van der Waals surface area contributed by atoms with Crippen molar-refractivity contribution in [2.24, 2.45) is 0 Å². The van der Waals surface area contributed by atoms with Gasteiger partial charge in [-0.3, -0.25) is 4.79 Å². The van der Waals surface area contributed by atoms with Gasteiger partial charge in [0.25, 0.3) is 5.91 Å². The van der Waals surface area contributed by atoms with Gasteiger partial charge in [-0.1, -0.05) is 17.7 Å². The van der Waals surface area contributed by atoms with Crippen LogP contribution in [-0.4, -0.2) is 23.4 Å². The van der Waals surface area contributed by atoms with E-state index < -0.39 is 0 Å². The maximum atomic E-state index is 12.2. The Balaban J connectivity index is 2.14. The molecule has 0 N–H and O–H groups in total. The summed E-state index contributed by atoms with van der Waals surface area (Å²) in [5, 5.41) is 0. The molecule has 0 radical (unpaired) electrons. The summed E-state index contributed by atoms with van der Waals surface area (Å²) in [5.41, 5.74) is 2.02. The summed E-state index contributed by atoms with van der Waals surface area (Å²) >= 11 is 0. The van der Waals surface area contributed by atoms with Gasteiger partial charge in [0.15, 0.2) is 0 Å². The van der Waals surface area contributed by atoms with Crippen molar-refractivity contribution in [3.05, 3.63) is 35.4 Å². The highest BCUT2D eigenvalue weighted by atomic mass is 16.2. The second-order valence-electron chi connectivity index (χ2n) is 4.71. The number of rotatable bonds is 1. The predicted octanol–water partition coefficient (Wildman–Crippen LogP) is 3.01. The smallest absolute Gasteiger partial charge is 0.254 e. The molecule has 1 saturated heterocycles. The molecule has 1 aromatic rings. The van der Waals surface area contributed by atoms with E-state index in [0.717, 1.165) is 24.9 Å². The van der Waals surface area contributed by atoms with Crippen LogP contribution < -0.4 is 0 Å². The van der Waals surface area contributed by atoms with Crippen LogP contribution >= 0.6 is 0 Å². The van der Waals surface area contributed by atoms with Gasteiger partial charge in [-0.15, -0.1) is 0 Å². The highest BCUT2D eigenvalue weighted by molar-refractivity contribution is 5.94. The maximum absolute atomic E-state index is 12.2. The van der Waals surface area contributed by atoms with Crippen LogP contribution in [0.5, 0.6) is 0 Å². The zero-order valence-electron chi connectivity index (χ0n) is 10.1. The fourth-order valence-electron chi connectivity index (χ4n) is 2.26. The van der Waals surface area contributed by atoms with Crippen LogP contribution in [0.15, 0.2) is 24.3 Å². The maximum Gasteiger partial charge on any atom is 0.254 e. The number of carbonyl (C=O) groups is 1. The lowest BCUT2D eigenvalue weighted by Gasteiger charge is -2.33. The van der Waals surface area contributed by atoms with Crippen molar-refractivity contribution < 1.29 is 4.79 Å². The molecule has 1 aliphatic rings. The Morgan fingerprint density at radius 2 is 1.94 bits per heavy atom. The van der Waals surface area contributed by atoms with Crippen molar-refractivity contribution >= 4 is 5.91 Å². The fraction of sp³-hybridized carbons (Fsp3) is 0.500. The van der Waals surface area contributed by atoms with Gasteiger partial charge in [-0.25, -0.2) is 0 Å². The molecule has 1 unspecified atom stereocenters. The Morgan fingerprint density at radius 1 is 1.25 bits per heavy atom. The number of hydrogen-bond acceptors (Lipinski definition) is 1. The molecule has 86 valence electrons. The van der Waals surface area contributed by atoms with E-state index >= 15 is 0 Å². The summed E-state index contributed by atoms with van der Waals surface area (Å²) < 4.78 is 0. The molecule has 1 heterocycles. The fourth-order valence-corrected chi connectivity index (χ4v) is 2.26. The molecular weight excluding hydrogens is 198 g/mol. The molecule has 1 atom stereocenters. The molecule has 1 fully saturated rings. The van der Waals surface area contributed by atoms with Crippen LogP contribution in [0.3, 0.4) is 0 Å². The molecule has 1 amide bonds. The van der Waals surface area contributed by atoms with Gasteiger partial charge in [0, 0.05) is 18.2 Å². The minimum Gasteiger partial charge on any atom is -0.336 e. The van der Waals surface area contributed by atoms with Crippen molar-refractivity contribution in [2.45, 2.75) is 39.2 Å². The molecule has 16 heavy (non-hydrogen) atoms. The number of benzene rings is 1. The third-order valence-electron chi connectivity index (χ3n) is 3.36. The van der Waals surface area contributed by atoms with Crippen molar-refractivity contribution in [1.29, 1.82) is 0 Å². The van der Waals surface area contributed by atoms with E-state index in [-0.39, 0.29) is 5.91 Å². The predicted molar refractivity (Wildman–Crippen MR) is 65.5 cm³/mol. The topological polar surface area (TPSA) is 20.3 Å². The first-order valence-corrected chi connectivity index (χ1v) is 6.06. The zero-order chi connectivity index (χ0) is 11.5. The minimum atomic E-state index is 0.187. The summed E-state index contributed by atoms with van der Waals surface area (Å²) in [5.74, 6) is 0.187. The second-order valence-corrected chi connectivity index (χ2v) is 4.71.